The Morgan fingerprint density at radius 2 is 2.10 bits per heavy atom. The Labute approximate surface area is 182 Å². The lowest BCUT2D eigenvalue weighted by atomic mass is 10.2. The van der Waals surface area contributed by atoms with E-state index in [0.29, 0.717) is 34.2 Å². The summed E-state index contributed by atoms with van der Waals surface area (Å²) in [5, 5.41) is 7.84. The van der Waals surface area contributed by atoms with Gasteiger partial charge in [-0.1, -0.05) is 11.6 Å². The lowest BCUT2D eigenvalue weighted by molar-refractivity contribution is 0.0378. The Morgan fingerprint density at radius 1 is 1.30 bits per heavy atom. The molecule has 2 aliphatic rings. The van der Waals surface area contributed by atoms with Gasteiger partial charge >= 0.3 is 0 Å². The summed E-state index contributed by atoms with van der Waals surface area (Å²) in [5.74, 6) is 1.46. The van der Waals surface area contributed by atoms with E-state index in [1.54, 1.807) is 12.1 Å². The summed E-state index contributed by atoms with van der Waals surface area (Å²) in [5.41, 5.74) is 0.826. The maximum atomic E-state index is 12.7. The summed E-state index contributed by atoms with van der Waals surface area (Å²) in [6.45, 7) is 7.08. The number of ether oxygens (including phenoxy) is 1. The number of aromatic nitrogens is 1. The molecule has 0 unspecified atom stereocenters. The monoisotopic (exact) mass is 453 g/mol. The van der Waals surface area contributed by atoms with Crippen molar-refractivity contribution in [3.05, 3.63) is 23.2 Å². The van der Waals surface area contributed by atoms with Crippen molar-refractivity contribution in [1.29, 1.82) is 0 Å². The summed E-state index contributed by atoms with van der Waals surface area (Å²) in [4.78, 5) is 7.15. The van der Waals surface area contributed by atoms with E-state index in [9.17, 15) is 8.42 Å². The molecule has 10 heteroatoms. The van der Waals surface area contributed by atoms with Gasteiger partial charge in [0.05, 0.1) is 31.8 Å². The highest BCUT2D eigenvalue weighted by Gasteiger charge is 2.25. The number of nitrogens with one attached hydrogen (secondary N) is 2. The third-order valence-corrected chi connectivity index (χ3v) is 6.84. The molecule has 0 atom stereocenters. The van der Waals surface area contributed by atoms with Crippen molar-refractivity contribution >= 4 is 44.0 Å². The highest BCUT2D eigenvalue weighted by Crippen LogP contribution is 2.36. The highest BCUT2D eigenvalue weighted by atomic mass is 35.5. The Balaban J connectivity index is 1.64. The van der Waals surface area contributed by atoms with Gasteiger partial charge in [-0.2, -0.15) is 0 Å². The number of fused-ring (bicyclic) bond motifs is 1. The standard InChI is InChI=1S/C20H28ClN5O3S/c1-30(27,28)19-16-13-15(21)3-4-17(16)26(14-18-22-6-7-23-18)20(19)24-5-2-8-25-9-11-29-12-10-25/h3-4,13,24H,2,5-12,14H2,1H3,(H,22,23). The lowest BCUT2D eigenvalue weighted by Gasteiger charge is -2.26. The van der Waals surface area contributed by atoms with Crippen LogP contribution in [0.1, 0.15) is 6.42 Å². The number of halogens is 1. The molecule has 0 bridgehead atoms. The quantitative estimate of drug-likeness (QED) is 0.593. The zero-order valence-electron chi connectivity index (χ0n) is 17.2. The SMILES string of the molecule is CS(=O)(=O)c1c(NCCCN2CCOCC2)n(CC2=NCCN2)c2ccc(Cl)cc12. The van der Waals surface area contributed by atoms with E-state index in [2.05, 4.69) is 20.5 Å². The third-order valence-electron chi connectivity index (χ3n) is 5.45. The summed E-state index contributed by atoms with van der Waals surface area (Å²) in [6.07, 6.45) is 2.15. The van der Waals surface area contributed by atoms with Gasteiger partial charge in [0.15, 0.2) is 9.84 Å². The van der Waals surface area contributed by atoms with E-state index in [1.165, 1.54) is 6.26 Å². The number of hydrogen-bond acceptors (Lipinski definition) is 7. The van der Waals surface area contributed by atoms with Crippen molar-refractivity contribution in [1.82, 2.24) is 14.8 Å². The Hall–Kier alpha value is -1.81. The minimum Gasteiger partial charge on any atom is -0.379 e. The van der Waals surface area contributed by atoms with Gasteiger partial charge in [-0.15, -0.1) is 0 Å². The lowest BCUT2D eigenvalue weighted by Crippen LogP contribution is -2.37. The molecular weight excluding hydrogens is 426 g/mol. The van der Waals surface area contributed by atoms with Gasteiger partial charge in [0.1, 0.15) is 16.5 Å². The second-order valence-electron chi connectivity index (χ2n) is 7.69. The van der Waals surface area contributed by atoms with Crippen LogP contribution in [0.3, 0.4) is 0 Å². The zero-order valence-corrected chi connectivity index (χ0v) is 18.7. The molecule has 1 aromatic carbocycles. The van der Waals surface area contributed by atoms with Gasteiger partial charge < -0.3 is 19.9 Å². The van der Waals surface area contributed by atoms with E-state index in [4.69, 9.17) is 16.3 Å². The minimum absolute atomic E-state index is 0.296. The Morgan fingerprint density at radius 3 is 2.80 bits per heavy atom. The maximum absolute atomic E-state index is 12.7. The van der Waals surface area contributed by atoms with E-state index in [-0.39, 0.29) is 0 Å². The highest BCUT2D eigenvalue weighted by molar-refractivity contribution is 7.91. The molecule has 4 rings (SSSR count). The van der Waals surface area contributed by atoms with Gasteiger partial charge in [-0.05, 0) is 31.2 Å². The fourth-order valence-electron chi connectivity index (χ4n) is 4.05. The van der Waals surface area contributed by atoms with Crippen LogP contribution in [-0.2, 0) is 21.1 Å². The fourth-order valence-corrected chi connectivity index (χ4v) is 5.32. The van der Waals surface area contributed by atoms with Gasteiger partial charge in [0.25, 0.3) is 0 Å². The summed E-state index contributed by atoms with van der Waals surface area (Å²) in [7, 11) is -3.48. The van der Waals surface area contributed by atoms with Gasteiger partial charge in [-0.25, -0.2) is 8.42 Å². The number of aliphatic imine (C=N–C) groups is 1. The van der Waals surface area contributed by atoms with Crippen LogP contribution in [0.4, 0.5) is 5.82 Å². The molecule has 2 N–H and O–H groups in total. The second-order valence-corrected chi connectivity index (χ2v) is 10.1. The maximum Gasteiger partial charge on any atom is 0.179 e. The summed E-state index contributed by atoms with van der Waals surface area (Å²) < 4.78 is 32.9. The van der Waals surface area contributed by atoms with Crippen LogP contribution < -0.4 is 10.6 Å². The molecule has 0 spiro atoms. The largest absolute Gasteiger partial charge is 0.379 e. The molecule has 1 fully saturated rings. The zero-order chi connectivity index (χ0) is 21.1. The molecule has 2 aliphatic heterocycles. The van der Waals surface area contributed by atoms with E-state index >= 15 is 0 Å². The van der Waals surface area contributed by atoms with Crippen LogP contribution in [0.25, 0.3) is 10.9 Å². The van der Waals surface area contributed by atoms with Crippen LogP contribution in [0.2, 0.25) is 5.02 Å². The fraction of sp³-hybridized carbons (Fsp3) is 0.550. The predicted octanol–water partition coefficient (Wildman–Crippen LogP) is 1.83. The summed E-state index contributed by atoms with van der Waals surface area (Å²) in [6, 6.07) is 5.39. The molecule has 0 aliphatic carbocycles. The molecule has 164 valence electrons. The minimum atomic E-state index is -3.48. The number of sulfone groups is 1. The van der Waals surface area contributed by atoms with Crippen LogP contribution in [0, 0.1) is 0 Å². The van der Waals surface area contributed by atoms with Crippen molar-refractivity contribution in [2.24, 2.45) is 4.99 Å². The first-order valence-electron chi connectivity index (χ1n) is 10.3. The first kappa shape index (κ1) is 21.4. The van der Waals surface area contributed by atoms with Crippen molar-refractivity contribution in [3.63, 3.8) is 0 Å². The number of rotatable bonds is 8. The van der Waals surface area contributed by atoms with Crippen LogP contribution in [-0.4, -0.2) is 82.5 Å². The number of hydrogen-bond donors (Lipinski definition) is 2. The molecule has 1 saturated heterocycles. The van der Waals surface area contributed by atoms with Crippen LogP contribution >= 0.6 is 11.6 Å². The van der Waals surface area contributed by atoms with Crippen LogP contribution in [0.15, 0.2) is 28.1 Å². The van der Waals surface area contributed by atoms with Crippen molar-refractivity contribution < 1.29 is 13.2 Å². The topological polar surface area (TPSA) is 88.0 Å². The summed E-state index contributed by atoms with van der Waals surface area (Å²) >= 11 is 6.21. The number of nitrogens with zero attached hydrogens (tertiary/aromatic N) is 3. The van der Waals surface area contributed by atoms with Gasteiger partial charge in [0, 0.05) is 42.8 Å². The molecule has 30 heavy (non-hydrogen) atoms. The van der Waals surface area contributed by atoms with E-state index < -0.39 is 9.84 Å². The average molecular weight is 454 g/mol. The van der Waals surface area contributed by atoms with Crippen molar-refractivity contribution in [3.8, 4) is 0 Å². The Bertz CT molecular complexity index is 1040. The van der Waals surface area contributed by atoms with E-state index in [0.717, 1.165) is 63.7 Å². The molecule has 1 aromatic heterocycles. The number of benzene rings is 1. The predicted molar refractivity (Wildman–Crippen MR) is 121 cm³/mol. The molecule has 0 amide bonds. The molecular formula is C20H28ClN5O3S. The molecule has 2 aromatic rings. The van der Waals surface area contributed by atoms with Crippen LogP contribution in [0.5, 0.6) is 0 Å². The number of morpholine rings is 1. The first-order chi connectivity index (χ1) is 14.4. The number of anilines is 1. The molecule has 0 saturated carbocycles. The third kappa shape index (κ3) is 4.74. The van der Waals surface area contributed by atoms with E-state index in [1.807, 2.05) is 10.6 Å². The number of amidine groups is 1. The Kier molecular flexibility index (Phi) is 6.52. The second kappa shape index (κ2) is 9.13. The normalized spacial score (nSPS) is 17.9. The average Bonchev–Trinajstić information content (AvgIpc) is 3.32. The molecule has 0 radical (unpaired) electrons. The van der Waals surface area contributed by atoms with Crippen molar-refractivity contribution in [2.75, 3.05) is 64.1 Å². The molecule has 3 heterocycles. The van der Waals surface area contributed by atoms with Gasteiger partial charge in [0.2, 0.25) is 0 Å². The van der Waals surface area contributed by atoms with Crippen molar-refractivity contribution in [2.45, 2.75) is 17.9 Å². The first-order valence-corrected chi connectivity index (χ1v) is 12.5. The molecule has 8 nitrogen and oxygen atoms in total. The van der Waals surface area contributed by atoms with Gasteiger partial charge in [-0.3, -0.25) is 9.89 Å². The smallest absolute Gasteiger partial charge is 0.179 e.